The monoisotopic (exact) mass is 565 g/mol. The van der Waals surface area contributed by atoms with Crippen LogP contribution in [0.5, 0.6) is 0 Å². The molecule has 0 amide bonds. The van der Waals surface area contributed by atoms with Crippen LogP contribution in [0.4, 0.5) is 0 Å². The first-order valence-corrected chi connectivity index (χ1v) is 10.8. The van der Waals surface area contributed by atoms with Crippen molar-refractivity contribution in [3.8, 4) is 0 Å². The van der Waals surface area contributed by atoms with E-state index in [9.17, 15) is 8.42 Å². The van der Waals surface area contributed by atoms with Crippen LogP contribution in [0.2, 0.25) is 0 Å². The van der Waals surface area contributed by atoms with Crippen molar-refractivity contribution in [2.45, 2.75) is 25.3 Å². The van der Waals surface area contributed by atoms with Gasteiger partial charge in [0.2, 0.25) is 0 Å². The molecule has 0 saturated heterocycles. The quantitative estimate of drug-likeness (QED) is 0.317. The van der Waals surface area contributed by atoms with E-state index in [2.05, 4.69) is 63.6 Å². The lowest BCUT2D eigenvalue weighted by molar-refractivity contribution is 0.594. The summed E-state index contributed by atoms with van der Waals surface area (Å²) in [4.78, 5) is 4.47. The number of halogens is 2. The molecule has 0 aliphatic heterocycles. The fourth-order valence-electron chi connectivity index (χ4n) is 2.51. The molecule has 0 aliphatic rings. The molecule has 0 fully saturated rings. The Labute approximate surface area is 187 Å². The molecule has 0 aromatic heterocycles. The van der Waals surface area contributed by atoms with Crippen LogP contribution < -0.4 is 10.6 Å². The summed E-state index contributed by atoms with van der Waals surface area (Å²) in [6.45, 7) is 5.05. The topological polar surface area (TPSA) is 70.6 Å². The molecule has 0 radical (unpaired) electrons. The van der Waals surface area contributed by atoms with Crippen molar-refractivity contribution in [3.63, 3.8) is 0 Å². The standard InChI is InChI=1S/C19H24BrN3O2S.HI/c1-14-4-5-16(15(2)12-14)13-23-19(21-3)22-10-11-26(24,25)18-8-6-17(20)7-9-18;/h4-9,12H,10-11,13H2,1-3H3,(H2,21,22,23);1H. The molecule has 0 spiro atoms. The third-order valence-corrected chi connectivity index (χ3v) is 6.26. The number of hydrogen-bond donors (Lipinski definition) is 2. The Morgan fingerprint density at radius 2 is 1.74 bits per heavy atom. The Bertz CT molecular complexity index is 884. The number of rotatable bonds is 6. The van der Waals surface area contributed by atoms with Crippen molar-refractivity contribution in [1.29, 1.82) is 0 Å². The second kappa shape index (κ2) is 11.0. The molecule has 0 saturated carbocycles. The minimum atomic E-state index is -3.33. The number of guanidine groups is 1. The molecule has 0 aliphatic carbocycles. The van der Waals surface area contributed by atoms with Crippen LogP contribution in [-0.4, -0.2) is 33.7 Å². The summed E-state index contributed by atoms with van der Waals surface area (Å²) in [5.41, 5.74) is 3.62. The zero-order valence-corrected chi connectivity index (χ0v) is 20.4. The fraction of sp³-hybridized carbons (Fsp3) is 0.316. The van der Waals surface area contributed by atoms with Gasteiger partial charge in [0.15, 0.2) is 15.8 Å². The zero-order valence-electron chi connectivity index (χ0n) is 15.6. The van der Waals surface area contributed by atoms with E-state index in [4.69, 9.17) is 0 Å². The van der Waals surface area contributed by atoms with Gasteiger partial charge in [0.1, 0.15) is 0 Å². The van der Waals surface area contributed by atoms with Crippen molar-refractivity contribution >= 4 is 55.7 Å². The molecule has 27 heavy (non-hydrogen) atoms. The summed E-state index contributed by atoms with van der Waals surface area (Å²) in [6.07, 6.45) is 0. The molecule has 0 unspecified atom stereocenters. The van der Waals surface area contributed by atoms with E-state index in [0.717, 1.165) is 4.47 Å². The Morgan fingerprint density at radius 3 is 2.33 bits per heavy atom. The van der Waals surface area contributed by atoms with Crippen LogP contribution in [0, 0.1) is 13.8 Å². The molecule has 2 aromatic carbocycles. The Morgan fingerprint density at radius 1 is 1.07 bits per heavy atom. The summed E-state index contributed by atoms with van der Waals surface area (Å²) < 4.78 is 25.6. The van der Waals surface area contributed by atoms with Crippen molar-refractivity contribution in [1.82, 2.24) is 10.6 Å². The highest BCUT2D eigenvalue weighted by Crippen LogP contribution is 2.15. The van der Waals surface area contributed by atoms with E-state index in [1.807, 2.05) is 0 Å². The predicted octanol–water partition coefficient (Wildman–Crippen LogP) is 3.82. The first kappa shape index (κ1) is 23.9. The molecule has 8 heteroatoms. The summed E-state index contributed by atoms with van der Waals surface area (Å²) in [6, 6.07) is 13.0. The van der Waals surface area contributed by atoms with Crippen molar-refractivity contribution in [2.24, 2.45) is 4.99 Å². The van der Waals surface area contributed by atoms with Crippen LogP contribution in [0.15, 0.2) is 56.8 Å². The zero-order chi connectivity index (χ0) is 19.2. The molecule has 5 nitrogen and oxygen atoms in total. The summed E-state index contributed by atoms with van der Waals surface area (Å²) in [5, 5.41) is 6.28. The maximum Gasteiger partial charge on any atom is 0.191 e. The fourth-order valence-corrected chi connectivity index (χ4v) is 3.93. The number of aryl methyl sites for hydroxylation is 2. The van der Waals surface area contributed by atoms with Crippen molar-refractivity contribution in [2.75, 3.05) is 19.3 Å². The second-order valence-corrected chi connectivity index (χ2v) is 9.08. The van der Waals surface area contributed by atoms with Crippen LogP contribution in [0.1, 0.15) is 16.7 Å². The molecular formula is C19H25BrIN3O2S. The van der Waals surface area contributed by atoms with Gasteiger partial charge in [-0.2, -0.15) is 0 Å². The highest BCUT2D eigenvalue weighted by atomic mass is 127. The second-order valence-electron chi connectivity index (χ2n) is 6.06. The van der Waals surface area contributed by atoms with Crippen molar-refractivity contribution in [3.05, 3.63) is 63.6 Å². The summed E-state index contributed by atoms with van der Waals surface area (Å²) in [7, 11) is -1.66. The molecule has 0 bridgehead atoms. The third-order valence-electron chi connectivity index (χ3n) is 4.00. The lowest BCUT2D eigenvalue weighted by Gasteiger charge is -2.13. The summed E-state index contributed by atoms with van der Waals surface area (Å²) in [5.74, 6) is 0.579. The van der Waals surface area contributed by atoms with E-state index >= 15 is 0 Å². The first-order chi connectivity index (χ1) is 12.3. The van der Waals surface area contributed by atoms with Gasteiger partial charge in [0.05, 0.1) is 10.6 Å². The lowest BCUT2D eigenvalue weighted by Crippen LogP contribution is -2.39. The molecule has 2 aromatic rings. The maximum atomic E-state index is 12.4. The first-order valence-electron chi connectivity index (χ1n) is 8.31. The van der Waals surface area contributed by atoms with E-state index in [0.29, 0.717) is 17.4 Å². The van der Waals surface area contributed by atoms with Gasteiger partial charge in [-0.1, -0.05) is 39.7 Å². The van der Waals surface area contributed by atoms with E-state index < -0.39 is 9.84 Å². The van der Waals surface area contributed by atoms with Gasteiger partial charge in [0, 0.05) is 24.6 Å². The van der Waals surface area contributed by atoms with Gasteiger partial charge in [-0.15, -0.1) is 24.0 Å². The van der Waals surface area contributed by atoms with Crippen molar-refractivity contribution < 1.29 is 8.42 Å². The molecule has 148 valence electrons. The number of nitrogens with zero attached hydrogens (tertiary/aromatic N) is 1. The van der Waals surface area contributed by atoms with Crippen LogP contribution >= 0.6 is 39.9 Å². The van der Waals surface area contributed by atoms with Crippen LogP contribution in [0.3, 0.4) is 0 Å². The Balaban J connectivity index is 0.00000364. The van der Waals surface area contributed by atoms with E-state index in [1.54, 1.807) is 31.3 Å². The van der Waals surface area contributed by atoms with Crippen LogP contribution in [-0.2, 0) is 16.4 Å². The molecule has 0 heterocycles. The molecule has 0 atom stereocenters. The molecular weight excluding hydrogens is 541 g/mol. The van der Waals surface area contributed by atoms with Gasteiger partial charge < -0.3 is 10.6 Å². The SMILES string of the molecule is CN=C(NCCS(=O)(=O)c1ccc(Br)cc1)NCc1ccc(C)cc1C.I. The van der Waals surface area contributed by atoms with Gasteiger partial charge in [-0.3, -0.25) is 4.99 Å². The highest BCUT2D eigenvalue weighted by Gasteiger charge is 2.14. The highest BCUT2D eigenvalue weighted by molar-refractivity contribution is 14.0. The third kappa shape index (κ3) is 7.42. The van der Waals surface area contributed by atoms with E-state index in [-0.39, 0.29) is 36.3 Å². The number of sulfone groups is 1. The lowest BCUT2D eigenvalue weighted by atomic mass is 10.1. The molecule has 2 rings (SSSR count). The molecule has 2 N–H and O–H groups in total. The smallest absolute Gasteiger partial charge is 0.191 e. The minimum Gasteiger partial charge on any atom is -0.355 e. The van der Waals surface area contributed by atoms with Gasteiger partial charge in [-0.05, 0) is 49.2 Å². The average molecular weight is 566 g/mol. The van der Waals surface area contributed by atoms with E-state index in [1.165, 1.54) is 16.7 Å². The normalized spacial score (nSPS) is 11.6. The van der Waals surface area contributed by atoms with Crippen LogP contribution in [0.25, 0.3) is 0 Å². The van der Waals surface area contributed by atoms with Gasteiger partial charge in [-0.25, -0.2) is 8.42 Å². The number of aliphatic imine (C=N–C) groups is 1. The largest absolute Gasteiger partial charge is 0.355 e. The summed E-state index contributed by atoms with van der Waals surface area (Å²) >= 11 is 3.31. The minimum absolute atomic E-state index is 0. The average Bonchev–Trinajstić information content (AvgIpc) is 2.59. The van der Waals surface area contributed by atoms with Gasteiger partial charge in [0.25, 0.3) is 0 Å². The maximum absolute atomic E-state index is 12.4. The number of hydrogen-bond acceptors (Lipinski definition) is 3. The Hall–Kier alpha value is -1.13. The van der Waals surface area contributed by atoms with Gasteiger partial charge >= 0.3 is 0 Å². The Kier molecular flexibility index (Phi) is 9.75. The predicted molar refractivity (Wildman–Crippen MR) is 126 cm³/mol. The number of benzene rings is 2. The number of nitrogens with one attached hydrogen (secondary N) is 2.